The van der Waals surface area contributed by atoms with Gasteiger partial charge in [-0.1, -0.05) is 0 Å². The van der Waals surface area contributed by atoms with E-state index in [0.29, 0.717) is 12.1 Å². The molecular formula is C6H4Cl2F5In. The minimum atomic E-state index is -5.04. The van der Waals surface area contributed by atoms with E-state index in [1.165, 1.54) is 0 Å². The van der Waals surface area contributed by atoms with Crippen LogP contribution in [0.5, 0.6) is 0 Å². The molecule has 0 fully saturated rings. The molecule has 0 spiro atoms. The molecule has 0 amide bonds. The van der Waals surface area contributed by atoms with Crippen LogP contribution in [0.1, 0.15) is 0 Å². The summed E-state index contributed by atoms with van der Waals surface area (Å²) in [5.41, 5.74) is 0. The van der Waals surface area contributed by atoms with Gasteiger partial charge >= 0.3 is 74.0 Å². The van der Waals surface area contributed by atoms with Crippen molar-refractivity contribution in [2.24, 2.45) is 0 Å². The van der Waals surface area contributed by atoms with Crippen LogP contribution in [0.2, 0.25) is 0 Å². The predicted molar refractivity (Wildman–Crippen MR) is 48.4 cm³/mol. The number of halogens is 7. The summed E-state index contributed by atoms with van der Waals surface area (Å²) >= 11 is -5.04. The van der Waals surface area contributed by atoms with Gasteiger partial charge in [-0.3, -0.25) is 0 Å². The average molecular weight is 357 g/mol. The monoisotopic (exact) mass is 356 g/mol. The molecule has 1 aromatic rings. The van der Waals surface area contributed by atoms with Crippen LogP contribution in [-0.2, 0) is 0 Å². The van der Waals surface area contributed by atoms with Gasteiger partial charge in [0.15, 0.2) is 0 Å². The van der Waals surface area contributed by atoms with Gasteiger partial charge < -0.3 is 0 Å². The molecule has 0 aliphatic carbocycles. The second kappa shape index (κ2) is 6.74. The Morgan fingerprint density at radius 2 is 1.36 bits per heavy atom. The third-order valence-corrected chi connectivity index (χ3v) is 3.91. The summed E-state index contributed by atoms with van der Waals surface area (Å²) in [6.07, 6.45) is 0. The molecule has 0 N–H and O–H groups in total. The quantitative estimate of drug-likeness (QED) is 0.536. The van der Waals surface area contributed by atoms with Gasteiger partial charge in [-0.25, -0.2) is 0 Å². The Kier molecular flexibility index (Phi) is 8.06. The van der Waals surface area contributed by atoms with Gasteiger partial charge in [-0.2, -0.15) is 0 Å². The Bertz CT molecular complexity index is 307. The molecule has 0 bridgehead atoms. The molecule has 0 aliphatic rings. The first kappa shape index (κ1) is 16.7. The van der Waals surface area contributed by atoms with Crippen molar-refractivity contribution >= 4 is 50.8 Å². The van der Waals surface area contributed by atoms with E-state index in [0.717, 1.165) is 0 Å². The molecule has 0 atom stereocenters. The fraction of sp³-hybridized carbons (Fsp3) is 0. The van der Waals surface area contributed by atoms with Gasteiger partial charge in [0.2, 0.25) is 0 Å². The fourth-order valence-corrected chi connectivity index (χ4v) is 2.31. The van der Waals surface area contributed by atoms with Gasteiger partial charge in [0.25, 0.3) is 0 Å². The molecule has 0 aromatic heterocycles. The number of benzene rings is 1. The third kappa shape index (κ3) is 3.47. The Morgan fingerprint density at radius 1 is 0.857 bits per heavy atom. The summed E-state index contributed by atoms with van der Waals surface area (Å²) < 4.78 is 60.1. The van der Waals surface area contributed by atoms with Gasteiger partial charge in [-0.05, 0) is 0 Å². The van der Waals surface area contributed by atoms with Crippen LogP contribution < -0.4 is 3.32 Å². The first-order valence-corrected chi connectivity index (χ1v) is 7.09. The van der Waals surface area contributed by atoms with Crippen LogP contribution in [-0.4, -0.2) is 22.6 Å². The van der Waals surface area contributed by atoms with Gasteiger partial charge in [0.1, 0.15) is 0 Å². The maximum atomic E-state index is 12.5. The van der Waals surface area contributed by atoms with Crippen molar-refractivity contribution in [3.63, 3.8) is 0 Å². The first-order chi connectivity index (χ1) is 5.54. The topological polar surface area (TPSA) is 0 Å². The van der Waals surface area contributed by atoms with E-state index in [-0.39, 0.29) is 24.8 Å². The van der Waals surface area contributed by atoms with Crippen molar-refractivity contribution in [3.8, 4) is 0 Å². The van der Waals surface area contributed by atoms with Gasteiger partial charge in [0, 0.05) is 0 Å². The number of rotatable bonds is 1. The summed E-state index contributed by atoms with van der Waals surface area (Å²) in [7, 11) is 0. The van der Waals surface area contributed by atoms with E-state index in [9.17, 15) is 18.5 Å². The normalized spacial score (nSPS) is 8.64. The van der Waals surface area contributed by atoms with Crippen molar-refractivity contribution in [2.45, 2.75) is 0 Å². The predicted octanol–water partition coefficient (Wildman–Crippen LogP) is 2.58. The van der Waals surface area contributed by atoms with E-state index in [1.54, 1.807) is 0 Å². The van der Waals surface area contributed by atoms with E-state index < -0.39 is 43.4 Å². The second-order valence-electron chi connectivity index (χ2n) is 2.07. The summed E-state index contributed by atoms with van der Waals surface area (Å²) in [6, 6.07) is 1.12. The summed E-state index contributed by atoms with van der Waals surface area (Å²) in [5.74, 6) is -4.99. The Morgan fingerprint density at radius 3 is 1.79 bits per heavy atom. The number of hydrogen-bond acceptors (Lipinski definition) is 0. The molecule has 1 rings (SSSR count). The molecular weight excluding hydrogens is 353 g/mol. The molecule has 0 aliphatic heterocycles. The molecule has 0 saturated carbocycles. The van der Waals surface area contributed by atoms with Crippen molar-refractivity contribution in [2.75, 3.05) is 0 Å². The molecule has 8 heteroatoms. The third-order valence-electron chi connectivity index (χ3n) is 1.30. The van der Waals surface area contributed by atoms with Gasteiger partial charge in [-0.15, -0.1) is 24.8 Å². The van der Waals surface area contributed by atoms with Crippen molar-refractivity contribution in [1.82, 2.24) is 0 Å². The van der Waals surface area contributed by atoms with Crippen molar-refractivity contribution < 1.29 is 18.5 Å². The van der Waals surface area contributed by atoms with E-state index in [4.69, 9.17) is 0 Å². The second-order valence-corrected chi connectivity index (χ2v) is 5.56. The van der Waals surface area contributed by atoms with Crippen LogP contribution in [0, 0.1) is 17.5 Å². The van der Waals surface area contributed by atoms with Crippen molar-refractivity contribution in [1.29, 1.82) is 0 Å². The van der Waals surface area contributed by atoms with Crippen LogP contribution in [0.25, 0.3) is 0 Å². The van der Waals surface area contributed by atoms with E-state index in [2.05, 4.69) is 0 Å². The SMILES string of the molecule is Cl.Cl.Fc1cc[c]([In]([F])[F])c(F)c1F. The van der Waals surface area contributed by atoms with Crippen LogP contribution in [0.15, 0.2) is 12.1 Å². The molecule has 0 saturated heterocycles. The molecule has 1 aromatic carbocycles. The van der Waals surface area contributed by atoms with Crippen molar-refractivity contribution in [3.05, 3.63) is 29.6 Å². The van der Waals surface area contributed by atoms with Crippen LogP contribution in [0.3, 0.4) is 0 Å². The summed E-state index contributed by atoms with van der Waals surface area (Å²) in [6.45, 7) is 0. The Balaban J connectivity index is 0. The molecule has 0 radical (unpaired) electrons. The summed E-state index contributed by atoms with van der Waals surface area (Å²) in [4.78, 5) is 0. The zero-order valence-electron chi connectivity index (χ0n) is 6.44. The standard InChI is InChI=1S/C6H2F3.2ClH.2FH.In/c7-4-2-1-3-5(8)6(4)9;;;;;/h1-2H;4*1H;/q;;;;;+2/p-2. The van der Waals surface area contributed by atoms with E-state index in [1.807, 2.05) is 0 Å². The van der Waals surface area contributed by atoms with Crippen LogP contribution in [0.4, 0.5) is 18.5 Å². The Hall–Kier alpha value is 0.320. The molecule has 14 heavy (non-hydrogen) atoms. The van der Waals surface area contributed by atoms with Gasteiger partial charge in [0.05, 0.1) is 0 Å². The maximum absolute atomic E-state index is 12.5. The molecule has 0 heterocycles. The molecule has 0 nitrogen and oxygen atoms in total. The number of hydrogen-bond donors (Lipinski definition) is 0. The summed E-state index contributed by atoms with van der Waals surface area (Å²) in [5, 5.41) is 0. The zero-order chi connectivity index (χ0) is 9.30. The van der Waals surface area contributed by atoms with E-state index >= 15 is 0 Å². The molecule has 80 valence electrons. The average Bonchev–Trinajstić information content (AvgIpc) is 2.00. The Labute approximate surface area is 98.6 Å². The first-order valence-electron chi connectivity index (χ1n) is 2.95. The fourth-order valence-electron chi connectivity index (χ4n) is 0.709. The van der Waals surface area contributed by atoms with Crippen LogP contribution >= 0.6 is 24.8 Å². The minimum absolute atomic E-state index is 0. The molecule has 0 unspecified atom stereocenters. The zero-order valence-corrected chi connectivity index (χ0v) is 11.4.